The molecule has 1 aromatic heterocycles. The molecule has 0 saturated carbocycles. The summed E-state index contributed by atoms with van der Waals surface area (Å²) in [7, 11) is 1.19. The topological polar surface area (TPSA) is 134 Å². The second-order valence-corrected chi connectivity index (χ2v) is 8.27. The molecule has 1 aromatic carbocycles. The molecular weight excluding hydrogens is 496 g/mol. The lowest BCUT2D eigenvalue weighted by Gasteiger charge is -2.36. The molecule has 198 valence electrons. The number of alkyl carbamates (subject to hydrolysis) is 1. The maximum absolute atomic E-state index is 15.0. The van der Waals surface area contributed by atoms with Crippen LogP contribution < -0.4 is 20.4 Å². The highest BCUT2D eigenvalue weighted by molar-refractivity contribution is 5.94. The molecule has 37 heavy (non-hydrogen) atoms. The van der Waals surface area contributed by atoms with Gasteiger partial charge in [-0.2, -0.15) is 0 Å². The minimum absolute atomic E-state index is 0.0156. The van der Waals surface area contributed by atoms with E-state index in [9.17, 15) is 19.2 Å². The van der Waals surface area contributed by atoms with Crippen molar-refractivity contribution in [2.75, 3.05) is 62.7 Å². The normalized spacial score (nSPS) is 17.4. The van der Waals surface area contributed by atoms with Crippen molar-refractivity contribution in [3.05, 3.63) is 47.9 Å². The summed E-state index contributed by atoms with van der Waals surface area (Å²) in [5, 5.41) is 4.87. The number of cyclic esters (lactones) is 1. The van der Waals surface area contributed by atoms with Gasteiger partial charge < -0.3 is 34.3 Å². The first-order valence-corrected chi connectivity index (χ1v) is 11.4. The van der Waals surface area contributed by atoms with Crippen LogP contribution in [0.4, 0.5) is 29.7 Å². The Morgan fingerprint density at radius 2 is 1.81 bits per heavy atom. The van der Waals surface area contributed by atoms with E-state index in [1.165, 1.54) is 29.2 Å². The summed E-state index contributed by atoms with van der Waals surface area (Å²) in [6, 6.07) is 5.11. The van der Waals surface area contributed by atoms with Gasteiger partial charge in [0, 0.05) is 38.3 Å². The van der Waals surface area contributed by atoms with E-state index < -0.39 is 35.8 Å². The number of carbonyl (C=O) groups is 4. The van der Waals surface area contributed by atoms with E-state index in [4.69, 9.17) is 9.15 Å². The zero-order chi connectivity index (χ0) is 26.5. The fourth-order valence-electron chi connectivity index (χ4n) is 4.06. The summed E-state index contributed by atoms with van der Waals surface area (Å²) in [6.07, 6.45) is -0.864. The molecule has 2 aromatic rings. The van der Waals surface area contributed by atoms with Crippen LogP contribution in [0.1, 0.15) is 10.6 Å². The van der Waals surface area contributed by atoms with Gasteiger partial charge in [-0.05, 0) is 12.1 Å². The number of rotatable bonds is 7. The van der Waals surface area contributed by atoms with Gasteiger partial charge >= 0.3 is 12.2 Å². The standard InChI is InChI=1S/C23H25F2N5O7/c1-35-22(33)27-11-15-13-30(23(34)37-15)14-9-16(24)20(17(25)10-14)29-6-4-28(5-7-29)19(31)12-26-21(32)18-3-2-8-36-18/h2-3,8-10,15H,4-7,11-13H2,1H3,(H,26,32)(H,27,33)/t15-/m0/s1. The summed E-state index contributed by atoms with van der Waals surface area (Å²) in [5.41, 5.74) is -0.288. The number of furan rings is 1. The Morgan fingerprint density at radius 3 is 2.43 bits per heavy atom. The van der Waals surface area contributed by atoms with Crippen molar-refractivity contribution in [3.63, 3.8) is 0 Å². The molecule has 0 unspecified atom stereocenters. The van der Waals surface area contributed by atoms with Gasteiger partial charge in [0.05, 0.1) is 38.7 Å². The lowest BCUT2D eigenvalue weighted by molar-refractivity contribution is -0.130. The average Bonchev–Trinajstić information content (AvgIpc) is 3.55. The van der Waals surface area contributed by atoms with Gasteiger partial charge in [0.2, 0.25) is 5.91 Å². The first-order valence-electron chi connectivity index (χ1n) is 11.4. The first kappa shape index (κ1) is 25.7. The van der Waals surface area contributed by atoms with Gasteiger partial charge in [0.15, 0.2) is 17.4 Å². The number of hydrogen-bond acceptors (Lipinski definition) is 8. The monoisotopic (exact) mass is 521 g/mol. The van der Waals surface area contributed by atoms with E-state index in [0.29, 0.717) is 0 Å². The largest absolute Gasteiger partial charge is 0.459 e. The van der Waals surface area contributed by atoms with Crippen molar-refractivity contribution in [3.8, 4) is 0 Å². The van der Waals surface area contributed by atoms with Gasteiger partial charge in [-0.25, -0.2) is 18.4 Å². The number of nitrogens with one attached hydrogen (secondary N) is 2. The molecule has 0 bridgehead atoms. The number of benzene rings is 1. The molecule has 2 aliphatic heterocycles. The molecular formula is C23H25F2N5O7. The lowest BCUT2D eigenvalue weighted by atomic mass is 10.2. The maximum atomic E-state index is 15.0. The predicted octanol–water partition coefficient (Wildman–Crippen LogP) is 1.32. The van der Waals surface area contributed by atoms with Crippen molar-refractivity contribution >= 4 is 35.4 Å². The highest BCUT2D eigenvalue weighted by Gasteiger charge is 2.34. The number of nitrogens with zero attached hydrogens (tertiary/aromatic N) is 3. The Labute approximate surface area is 210 Å². The second kappa shape index (κ2) is 11.1. The Morgan fingerprint density at radius 1 is 1.11 bits per heavy atom. The van der Waals surface area contributed by atoms with E-state index >= 15 is 8.78 Å². The number of carbonyl (C=O) groups excluding carboxylic acids is 4. The van der Waals surface area contributed by atoms with Crippen LogP contribution in [-0.2, 0) is 14.3 Å². The molecule has 1 atom stereocenters. The molecule has 2 aliphatic rings. The van der Waals surface area contributed by atoms with E-state index in [2.05, 4.69) is 15.4 Å². The number of piperazine rings is 1. The second-order valence-electron chi connectivity index (χ2n) is 8.27. The SMILES string of the molecule is COC(=O)NC[C@H]1CN(c2cc(F)c(N3CCN(C(=O)CNC(=O)c4ccco4)CC3)c(F)c2)C(=O)O1. The van der Waals surface area contributed by atoms with Crippen LogP contribution in [-0.4, -0.2) is 87.9 Å². The van der Waals surface area contributed by atoms with E-state index in [-0.39, 0.29) is 68.9 Å². The van der Waals surface area contributed by atoms with Crippen molar-refractivity contribution in [1.82, 2.24) is 15.5 Å². The van der Waals surface area contributed by atoms with Gasteiger partial charge in [-0.1, -0.05) is 0 Å². The minimum Gasteiger partial charge on any atom is -0.459 e. The van der Waals surface area contributed by atoms with Crippen LogP contribution in [0, 0.1) is 11.6 Å². The number of hydrogen-bond donors (Lipinski definition) is 2. The molecule has 4 amide bonds. The molecule has 2 N–H and O–H groups in total. The number of anilines is 2. The molecule has 12 nitrogen and oxygen atoms in total. The third-order valence-electron chi connectivity index (χ3n) is 5.94. The highest BCUT2D eigenvalue weighted by atomic mass is 19.1. The fraction of sp³-hybridized carbons (Fsp3) is 0.391. The van der Waals surface area contributed by atoms with Crippen LogP contribution in [0.2, 0.25) is 0 Å². The Bertz CT molecular complexity index is 1150. The van der Waals surface area contributed by atoms with Crippen molar-refractivity contribution in [2.45, 2.75) is 6.10 Å². The minimum atomic E-state index is -0.871. The molecule has 14 heteroatoms. The zero-order valence-corrected chi connectivity index (χ0v) is 19.9. The fourth-order valence-corrected chi connectivity index (χ4v) is 4.06. The van der Waals surface area contributed by atoms with E-state index in [1.807, 2.05) is 0 Å². The summed E-state index contributed by atoms with van der Waals surface area (Å²) in [5.74, 6) is -2.51. The average molecular weight is 521 g/mol. The van der Waals surface area contributed by atoms with Crippen molar-refractivity contribution in [2.24, 2.45) is 0 Å². The van der Waals surface area contributed by atoms with Crippen LogP contribution in [0.5, 0.6) is 0 Å². The Balaban J connectivity index is 1.32. The van der Waals surface area contributed by atoms with Gasteiger partial charge in [0.1, 0.15) is 11.8 Å². The third kappa shape index (κ3) is 5.90. The van der Waals surface area contributed by atoms with Crippen LogP contribution in [0.25, 0.3) is 0 Å². The molecule has 3 heterocycles. The molecule has 4 rings (SSSR count). The van der Waals surface area contributed by atoms with E-state index in [1.54, 1.807) is 6.07 Å². The van der Waals surface area contributed by atoms with Crippen LogP contribution in [0.15, 0.2) is 34.9 Å². The summed E-state index contributed by atoms with van der Waals surface area (Å²) >= 11 is 0. The quantitative estimate of drug-likeness (QED) is 0.558. The van der Waals surface area contributed by atoms with Crippen molar-refractivity contribution < 1.29 is 41.8 Å². The lowest BCUT2D eigenvalue weighted by Crippen LogP contribution is -2.51. The number of halogens is 2. The predicted molar refractivity (Wildman–Crippen MR) is 124 cm³/mol. The molecule has 2 fully saturated rings. The Kier molecular flexibility index (Phi) is 7.74. The summed E-state index contributed by atoms with van der Waals surface area (Å²) < 4.78 is 44.6. The summed E-state index contributed by atoms with van der Waals surface area (Å²) in [6.45, 7) is 0.452. The smallest absolute Gasteiger partial charge is 0.414 e. The molecule has 0 aliphatic carbocycles. The first-order chi connectivity index (χ1) is 17.8. The Hall–Kier alpha value is -4.36. The maximum Gasteiger partial charge on any atom is 0.414 e. The molecule has 0 radical (unpaired) electrons. The third-order valence-corrected chi connectivity index (χ3v) is 5.94. The molecule has 2 saturated heterocycles. The van der Waals surface area contributed by atoms with Gasteiger partial charge in [-0.15, -0.1) is 0 Å². The number of methoxy groups -OCH3 is 1. The van der Waals surface area contributed by atoms with Gasteiger partial charge in [0.25, 0.3) is 5.91 Å². The van der Waals surface area contributed by atoms with Crippen LogP contribution >= 0.6 is 0 Å². The molecule has 0 spiro atoms. The highest BCUT2D eigenvalue weighted by Crippen LogP contribution is 2.31. The summed E-state index contributed by atoms with van der Waals surface area (Å²) in [4.78, 5) is 51.8. The number of ether oxygens (including phenoxy) is 2. The number of amides is 4. The van der Waals surface area contributed by atoms with Gasteiger partial charge in [-0.3, -0.25) is 14.5 Å². The zero-order valence-electron chi connectivity index (χ0n) is 19.9. The van der Waals surface area contributed by atoms with Crippen molar-refractivity contribution in [1.29, 1.82) is 0 Å². The van der Waals surface area contributed by atoms with E-state index in [0.717, 1.165) is 17.0 Å². The van der Waals surface area contributed by atoms with Crippen LogP contribution in [0.3, 0.4) is 0 Å².